The zero-order valence-electron chi connectivity index (χ0n) is 16.5. The van der Waals surface area contributed by atoms with Gasteiger partial charge in [-0.05, 0) is 43.6 Å². The molecule has 0 radical (unpaired) electrons. The van der Waals surface area contributed by atoms with Crippen molar-refractivity contribution >= 4 is 5.97 Å². The van der Waals surface area contributed by atoms with Crippen molar-refractivity contribution in [2.24, 2.45) is 22.7 Å². The summed E-state index contributed by atoms with van der Waals surface area (Å²) in [4.78, 5) is 13.2. The van der Waals surface area contributed by atoms with Gasteiger partial charge in [0, 0.05) is 12.7 Å². The molecule has 7 atom stereocenters. The highest BCUT2D eigenvalue weighted by Crippen LogP contribution is 2.67. The molecule has 3 aliphatic rings. The van der Waals surface area contributed by atoms with Gasteiger partial charge in [-0.15, -0.1) is 0 Å². The lowest BCUT2D eigenvalue weighted by Crippen LogP contribution is -2.75. The molecule has 1 aromatic heterocycles. The van der Waals surface area contributed by atoms with E-state index in [2.05, 4.69) is 0 Å². The Hall–Kier alpha value is -1.41. The first-order valence-electron chi connectivity index (χ1n) is 10.1. The third-order valence-electron chi connectivity index (χ3n) is 7.91. The summed E-state index contributed by atoms with van der Waals surface area (Å²) in [6.45, 7) is 1.99. The van der Waals surface area contributed by atoms with Crippen LogP contribution in [0.4, 0.5) is 0 Å². The molecule has 0 spiro atoms. The van der Waals surface area contributed by atoms with Gasteiger partial charge < -0.3 is 29.2 Å². The Balaban J connectivity index is 1.81. The molecule has 2 saturated carbocycles. The number of carbonyl (C=O) groups excluding carboxylic acids is 1. The van der Waals surface area contributed by atoms with Crippen molar-refractivity contribution in [3.05, 3.63) is 24.2 Å². The minimum Gasteiger partial charge on any atom is -0.472 e. The predicted molar refractivity (Wildman–Crippen MR) is 98.1 cm³/mol. The Bertz CT molecular complexity index is 714. The second kappa shape index (κ2) is 6.83. The van der Waals surface area contributed by atoms with Crippen molar-refractivity contribution in [2.45, 2.75) is 56.8 Å². The van der Waals surface area contributed by atoms with Crippen LogP contribution in [0.25, 0.3) is 0 Å². The fraction of sp³-hybridized carbons (Fsp3) is 0.762. The quantitative estimate of drug-likeness (QED) is 0.654. The van der Waals surface area contributed by atoms with E-state index in [1.807, 2.05) is 6.92 Å². The van der Waals surface area contributed by atoms with Gasteiger partial charge in [0.05, 0.1) is 47.8 Å². The minimum atomic E-state index is -1.28. The van der Waals surface area contributed by atoms with E-state index < -0.39 is 28.6 Å². The summed E-state index contributed by atoms with van der Waals surface area (Å²) in [7, 11) is 1.53. The van der Waals surface area contributed by atoms with Crippen LogP contribution in [0.5, 0.6) is 0 Å². The first-order valence-corrected chi connectivity index (χ1v) is 10.1. The molecule has 0 aromatic carbocycles. The maximum atomic E-state index is 13.2. The van der Waals surface area contributed by atoms with Gasteiger partial charge in [0.1, 0.15) is 6.61 Å². The zero-order valence-corrected chi connectivity index (χ0v) is 16.5. The highest BCUT2D eigenvalue weighted by atomic mass is 16.5. The average molecular weight is 394 g/mol. The molecule has 1 aromatic rings. The maximum absolute atomic E-state index is 13.2. The van der Waals surface area contributed by atoms with E-state index in [1.54, 1.807) is 6.07 Å². The van der Waals surface area contributed by atoms with E-state index in [9.17, 15) is 20.1 Å². The monoisotopic (exact) mass is 394 g/mol. The molecular weight excluding hydrogens is 364 g/mol. The van der Waals surface area contributed by atoms with Crippen molar-refractivity contribution in [3.63, 3.8) is 0 Å². The zero-order chi connectivity index (χ0) is 20.2. The van der Waals surface area contributed by atoms with Crippen LogP contribution < -0.4 is 0 Å². The number of aliphatic hydroxyl groups excluding tert-OH is 2. The largest absolute Gasteiger partial charge is 0.472 e. The lowest BCUT2D eigenvalue weighted by atomic mass is 9.40. The highest BCUT2D eigenvalue weighted by molar-refractivity contribution is 5.79. The van der Waals surface area contributed by atoms with Gasteiger partial charge in [0.2, 0.25) is 0 Å². The summed E-state index contributed by atoms with van der Waals surface area (Å²) in [6, 6.07) is 1.69. The molecular formula is C21H30O7. The standard InChI is InChI=1S/C21H30O7/c1-13-8-17(23)21-12-28-18(24)20(13,9-15(22)14-5-7-27-10-14)16(21)4-3-6-19(21,25)11-26-2/h5,7,10,13,15-17,22-23,25H,3-4,6,8-9,11-12H2,1-2H3/t13-,15+,16-,17-,19+,20-,21+/m1/s1. The van der Waals surface area contributed by atoms with Crippen LogP contribution in [0, 0.1) is 22.7 Å². The topological polar surface area (TPSA) is 109 Å². The van der Waals surface area contributed by atoms with Crippen LogP contribution in [0.2, 0.25) is 0 Å². The molecule has 1 aliphatic heterocycles. The second-order valence-corrected chi connectivity index (χ2v) is 9.00. The van der Waals surface area contributed by atoms with Gasteiger partial charge in [-0.1, -0.05) is 13.3 Å². The van der Waals surface area contributed by atoms with Crippen molar-refractivity contribution in [1.82, 2.24) is 0 Å². The number of hydrogen-bond donors (Lipinski definition) is 3. The van der Waals surface area contributed by atoms with Crippen LogP contribution in [0.1, 0.15) is 50.7 Å². The lowest BCUT2D eigenvalue weighted by Gasteiger charge is -2.67. The third kappa shape index (κ3) is 2.46. The smallest absolute Gasteiger partial charge is 0.312 e. The molecule has 156 valence electrons. The summed E-state index contributed by atoms with van der Waals surface area (Å²) in [6.07, 6.45) is 3.73. The average Bonchev–Trinajstić information content (AvgIpc) is 3.18. The molecule has 2 bridgehead atoms. The van der Waals surface area contributed by atoms with Gasteiger partial charge in [-0.25, -0.2) is 0 Å². The number of aliphatic hydroxyl groups is 3. The van der Waals surface area contributed by atoms with Crippen LogP contribution >= 0.6 is 0 Å². The van der Waals surface area contributed by atoms with Crippen LogP contribution in [0.3, 0.4) is 0 Å². The summed E-state index contributed by atoms with van der Waals surface area (Å²) in [5.41, 5.74) is -2.63. The number of esters is 1. The second-order valence-electron chi connectivity index (χ2n) is 9.00. The number of hydrogen-bond acceptors (Lipinski definition) is 7. The minimum absolute atomic E-state index is 0.0200. The van der Waals surface area contributed by atoms with E-state index in [0.29, 0.717) is 24.8 Å². The Labute approximate surface area is 164 Å². The predicted octanol–water partition coefficient (Wildman–Crippen LogP) is 1.81. The van der Waals surface area contributed by atoms with E-state index in [0.717, 1.165) is 6.42 Å². The molecule has 1 saturated heterocycles. The fourth-order valence-corrected chi connectivity index (χ4v) is 6.54. The van der Waals surface area contributed by atoms with Gasteiger partial charge in [-0.3, -0.25) is 4.79 Å². The van der Waals surface area contributed by atoms with Crippen LogP contribution in [-0.4, -0.2) is 53.3 Å². The van der Waals surface area contributed by atoms with Gasteiger partial charge >= 0.3 is 5.97 Å². The number of rotatable bonds is 5. The van der Waals surface area contributed by atoms with Crippen LogP contribution in [-0.2, 0) is 14.3 Å². The SMILES string of the molecule is COC[C@@]1(O)CCC[C@@H]2[C@]3(C[C@H](O)c4ccoc4)C(=O)OC[C@@]21[C@H](O)C[C@H]3C. The Morgan fingerprint density at radius 1 is 1.43 bits per heavy atom. The van der Waals surface area contributed by atoms with E-state index in [4.69, 9.17) is 13.9 Å². The Morgan fingerprint density at radius 2 is 2.21 bits per heavy atom. The normalized spacial score (nSPS) is 43.9. The van der Waals surface area contributed by atoms with E-state index in [1.165, 1.54) is 19.6 Å². The fourth-order valence-electron chi connectivity index (χ4n) is 6.54. The summed E-state index contributed by atoms with van der Waals surface area (Å²) >= 11 is 0. The first-order chi connectivity index (χ1) is 13.3. The molecule has 28 heavy (non-hydrogen) atoms. The van der Waals surface area contributed by atoms with Crippen LogP contribution in [0.15, 0.2) is 23.0 Å². The molecule has 7 nitrogen and oxygen atoms in total. The van der Waals surface area contributed by atoms with Gasteiger partial charge in [0.25, 0.3) is 0 Å². The van der Waals surface area contributed by atoms with E-state index in [-0.39, 0.29) is 37.4 Å². The maximum Gasteiger partial charge on any atom is 0.312 e. The summed E-state index contributed by atoms with van der Waals surface area (Å²) in [5, 5.41) is 33.6. The highest BCUT2D eigenvalue weighted by Gasteiger charge is 2.74. The van der Waals surface area contributed by atoms with Crippen molar-refractivity contribution in [3.8, 4) is 0 Å². The summed E-state index contributed by atoms with van der Waals surface area (Å²) in [5.74, 6) is -0.827. The van der Waals surface area contributed by atoms with Crippen molar-refractivity contribution < 1.29 is 34.0 Å². The Morgan fingerprint density at radius 3 is 2.89 bits per heavy atom. The number of methoxy groups -OCH3 is 1. The molecule has 7 heteroatoms. The molecule has 4 rings (SSSR count). The molecule has 0 amide bonds. The molecule has 2 heterocycles. The number of ether oxygens (including phenoxy) is 2. The van der Waals surface area contributed by atoms with Crippen molar-refractivity contribution in [2.75, 3.05) is 20.3 Å². The lowest BCUT2D eigenvalue weighted by molar-refractivity contribution is -0.306. The van der Waals surface area contributed by atoms with E-state index >= 15 is 0 Å². The molecule has 3 N–H and O–H groups in total. The van der Waals surface area contributed by atoms with Crippen molar-refractivity contribution in [1.29, 1.82) is 0 Å². The van der Waals surface area contributed by atoms with Gasteiger partial charge in [0.15, 0.2) is 0 Å². The Kier molecular flexibility index (Phi) is 4.85. The van der Waals surface area contributed by atoms with Gasteiger partial charge in [-0.2, -0.15) is 0 Å². The number of carbonyl (C=O) groups is 1. The first kappa shape index (κ1) is 19.9. The number of cyclic esters (lactones) is 1. The molecule has 0 unspecified atom stereocenters. The molecule has 3 fully saturated rings. The summed E-state index contributed by atoms with van der Waals surface area (Å²) < 4.78 is 16.1. The number of furan rings is 1. The molecule has 2 aliphatic carbocycles. The third-order valence-corrected chi connectivity index (χ3v) is 7.91.